The zero-order chi connectivity index (χ0) is 12.9. The van der Waals surface area contributed by atoms with E-state index >= 15 is 0 Å². The van der Waals surface area contributed by atoms with Crippen molar-refractivity contribution in [2.75, 3.05) is 18.0 Å². The van der Waals surface area contributed by atoms with Crippen LogP contribution in [0.2, 0.25) is 0 Å². The maximum Gasteiger partial charge on any atom is 0.125 e. The fourth-order valence-corrected chi connectivity index (χ4v) is 1.92. The van der Waals surface area contributed by atoms with E-state index in [-0.39, 0.29) is 5.82 Å². The summed E-state index contributed by atoms with van der Waals surface area (Å²) in [4.78, 5) is 2.11. The number of benzene rings is 1. The van der Waals surface area contributed by atoms with E-state index in [4.69, 9.17) is 0 Å². The molecule has 0 bridgehead atoms. The predicted octanol–water partition coefficient (Wildman–Crippen LogP) is 3.20. The van der Waals surface area contributed by atoms with Crippen molar-refractivity contribution in [3.8, 4) is 0 Å². The Labute approximate surface area is 103 Å². The molecule has 0 aromatic heterocycles. The van der Waals surface area contributed by atoms with Crippen LogP contribution >= 0.6 is 0 Å². The van der Waals surface area contributed by atoms with Gasteiger partial charge in [-0.25, -0.2) is 4.39 Å². The average molecular weight is 239 g/mol. The molecule has 0 amide bonds. The smallest absolute Gasteiger partial charge is 0.125 e. The van der Waals surface area contributed by atoms with Crippen molar-refractivity contribution >= 4 is 5.69 Å². The monoisotopic (exact) mass is 239 g/mol. The maximum absolute atomic E-state index is 13.0. The molecular weight excluding hydrogens is 217 g/mol. The lowest BCUT2D eigenvalue weighted by Gasteiger charge is -2.37. The molecule has 1 aromatic carbocycles. The van der Waals surface area contributed by atoms with Gasteiger partial charge in [-0.05, 0) is 38.0 Å². The lowest BCUT2D eigenvalue weighted by Crippen LogP contribution is -2.42. The quantitative estimate of drug-likeness (QED) is 0.813. The molecule has 96 valence electrons. The standard InChI is InChI=1S/C12H16FNO.C2H6/c1-12(15)5-7-14(8-6-12)11-4-2-3-10(13)9-11;1-2/h2-4,9,15H,5-8H2,1H3;1-2H3. The number of halogens is 1. The molecule has 1 saturated heterocycles. The Kier molecular flexibility index (Phi) is 4.94. The van der Waals surface area contributed by atoms with Crippen molar-refractivity contribution in [1.82, 2.24) is 0 Å². The van der Waals surface area contributed by atoms with Gasteiger partial charge in [-0.2, -0.15) is 0 Å². The van der Waals surface area contributed by atoms with Crippen LogP contribution in [-0.4, -0.2) is 23.8 Å². The highest BCUT2D eigenvalue weighted by molar-refractivity contribution is 5.46. The van der Waals surface area contributed by atoms with Crippen molar-refractivity contribution in [3.05, 3.63) is 30.1 Å². The lowest BCUT2D eigenvalue weighted by molar-refractivity contribution is 0.0351. The Hall–Kier alpha value is -1.09. The van der Waals surface area contributed by atoms with Crippen LogP contribution in [0.3, 0.4) is 0 Å². The van der Waals surface area contributed by atoms with Gasteiger partial charge in [0.1, 0.15) is 5.82 Å². The summed E-state index contributed by atoms with van der Waals surface area (Å²) in [7, 11) is 0. The van der Waals surface area contributed by atoms with Gasteiger partial charge in [0.15, 0.2) is 0 Å². The third-order valence-corrected chi connectivity index (χ3v) is 3.01. The Bertz CT molecular complexity index is 342. The second-order valence-electron chi connectivity index (χ2n) is 4.46. The number of aliphatic hydroxyl groups is 1. The van der Waals surface area contributed by atoms with E-state index in [1.54, 1.807) is 12.1 Å². The first kappa shape index (κ1) is 14.0. The molecule has 0 radical (unpaired) electrons. The fourth-order valence-electron chi connectivity index (χ4n) is 1.92. The first-order valence-electron chi connectivity index (χ1n) is 6.30. The summed E-state index contributed by atoms with van der Waals surface area (Å²) in [5.41, 5.74) is 0.356. The van der Waals surface area contributed by atoms with Crippen LogP contribution in [0.15, 0.2) is 24.3 Å². The summed E-state index contributed by atoms with van der Waals surface area (Å²) in [5, 5.41) is 9.79. The SMILES string of the molecule is CC.CC1(O)CCN(c2cccc(F)c2)CC1. The minimum atomic E-state index is -0.552. The summed E-state index contributed by atoms with van der Waals surface area (Å²) in [6.45, 7) is 7.43. The second-order valence-corrected chi connectivity index (χ2v) is 4.46. The van der Waals surface area contributed by atoms with E-state index in [0.717, 1.165) is 31.6 Å². The van der Waals surface area contributed by atoms with Crippen LogP contribution in [-0.2, 0) is 0 Å². The number of hydrogen-bond acceptors (Lipinski definition) is 2. The Morgan fingerprint density at radius 3 is 2.35 bits per heavy atom. The Morgan fingerprint density at radius 1 is 1.24 bits per heavy atom. The molecule has 3 heteroatoms. The summed E-state index contributed by atoms with van der Waals surface area (Å²) < 4.78 is 13.0. The summed E-state index contributed by atoms with van der Waals surface area (Å²) in [6, 6.07) is 6.62. The van der Waals surface area contributed by atoms with E-state index in [0.29, 0.717) is 0 Å². The number of hydrogen-bond donors (Lipinski definition) is 1. The van der Waals surface area contributed by atoms with Gasteiger partial charge in [-0.15, -0.1) is 0 Å². The molecule has 1 heterocycles. The first-order valence-corrected chi connectivity index (χ1v) is 6.30. The Morgan fingerprint density at radius 2 is 1.82 bits per heavy atom. The zero-order valence-electron chi connectivity index (χ0n) is 10.9. The van der Waals surface area contributed by atoms with Gasteiger partial charge in [0.2, 0.25) is 0 Å². The van der Waals surface area contributed by atoms with Crippen molar-refractivity contribution < 1.29 is 9.50 Å². The minimum absolute atomic E-state index is 0.204. The van der Waals surface area contributed by atoms with Crippen LogP contribution in [0.25, 0.3) is 0 Å². The molecular formula is C14H22FNO. The number of rotatable bonds is 1. The normalized spacial score (nSPS) is 18.3. The zero-order valence-corrected chi connectivity index (χ0v) is 10.9. The third kappa shape index (κ3) is 4.00. The van der Waals surface area contributed by atoms with Gasteiger partial charge in [-0.3, -0.25) is 0 Å². The van der Waals surface area contributed by atoms with E-state index in [9.17, 15) is 9.50 Å². The van der Waals surface area contributed by atoms with Crippen LogP contribution in [0, 0.1) is 5.82 Å². The summed E-state index contributed by atoms with van der Waals surface area (Å²) in [5.74, 6) is -0.204. The topological polar surface area (TPSA) is 23.5 Å². The fraction of sp³-hybridized carbons (Fsp3) is 0.571. The number of nitrogens with zero attached hydrogens (tertiary/aromatic N) is 1. The Balaban J connectivity index is 0.000000686. The van der Waals surface area contributed by atoms with E-state index in [1.165, 1.54) is 6.07 Å². The van der Waals surface area contributed by atoms with Gasteiger partial charge in [0, 0.05) is 18.8 Å². The minimum Gasteiger partial charge on any atom is -0.390 e. The predicted molar refractivity (Wildman–Crippen MR) is 69.8 cm³/mol. The van der Waals surface area contributed by atoms with Crippen molar-refractivity contribution in [3.63, 3.8) is 0 Å². The molecule has 2 nitrogen and oxygen atoms in total. The lowest BCUT2D eigenvalue weighted by atomic mass is 9.93. The number of anilines is 1. The molecule has 17 heavy (non-hydrogen) atoms. The molecule has 1 fully saturated rings. The van der Waals surface area contributed by atoms with Crippen LogP contribution in [0.1, 0.15) is 33.6 Å². The van der Waals surface area contributed by atoms with Crippen molar-refractivity contribution in [2.24, 2.45) is 0 Å². The average Bonchev–Trinajstić information content (AvgIpc) is 2.31. The molecule has 0 saturated carbocycles. The van der Waals surface area contributed by atoms with Gasteiger partial charge >= 0.3 is 0 Å². The highest BCUT2D eigenvalue weighted by Gasteiger charge is 2.27. The molecule has 1 aliphatic rings. The van der Waals surface area contributed by atoms with Gasteiger partial charge < -0.3 is 10.0 Å². The number of piperidine rings is 1. The second kappa shape index (κ2) is 6.01. The van der Waals surface area contributed by atoms with E-state index in [1.807, 2.05) is 26.8 Å². The molecule has 0 atom stereocenters. The molecule has 1 aromatic rings. The van der Waals surface area contributed by atoms with Crippen molar-refractivity contribution in [2.45, 2.75) is 39.2 Å². The molecule has 0 spiro atoms. The molecule has 0 aliphatic carbocycles. The van der Waals surface area contributed by atoms with Crippen molar-refractivity contribution in [1.29, 1.82) is 0 Å². The van der Waals surface area contributed by atoms with E-state index < -0.39 is 5.60 Å². The summed E-state index contributed by atoms with van der Waals surface area (Å²) in [6.07, 6.45) is 1.48. The van der Waals surface area contributed by atoms with Gasteiger partial charge in [-0.1, -0.05) is 19.9 Å². The summed E-state index contributed by atoms with van der Waals surface area (Å²) >= 11 is 0. The van der Waals surface area contributed by atoms with Crippen LogP contribution in [0.4, 0.5) is 10.1 Å². The molecule has 1 N–H and O–H groups in total. The largest absolute Gasteiger partial charge is 0.390 e. The third-order valence-electron chi connectivity index (χ3n) is 3.01. The van der Waals surface area contributed by atoms with Crippen LogP contribution in [0.5, 0.6) is 0 Å². The first-order chi connectivity index (χ1) is 8.07. The highest BCUT2D eigenvalue weighted by atomic mass is 19.1. The molecule has 2 rings (SSSR count). The maximum atomic E-state index is 13.0. The highest BCUT2D eigenvalue weighted by Crippen LogP contribution is 2.25. The molecule has 1 aliphatic heterocycles. The van der Waals surface area contributed by atoms with Gasteiger partial charge in [0.25, 0.3) is 0 Å². The molecule has 0 unspecified atom stereocenters. The van der Waals surface area contributed by atoms with Crippen LogP contribution < -0.4 is 4.90 Å². The van der Waals surface area contributed by atoms with Gasteiger partial charge in [0.05, 0.1) is 5.60 Å². The van der Waals surface area contributed by atoms with E-state index in [2.05, 4.69) is 4.90 Å².